The van der Waals surface area contributed by atoms with Crippen LogP contribution in [0.1, 0.15) is 25.0 Å². The average molecular weight is 438 g/mol. The minimum Gasteiger partial charge on any atom is -0.423 e. The third-order valence-electron chi connectivity index (χ3n) is 3.66. The van der Waals surface area contributed by atoms with Crippen LogP contribution in [0.4, 0.5) is 0 Å². The van der Waals surface area contributed by atoms with Crippen LogP contribution in [0.2, 0.25) is 5.02 Å². The van der Waals surface area contributed by atoms with Crippen LogP contribution in [-0.4, -0.2) is 26.9 Å². The largest absolute Gasteiger partial charge is 0.423 e. The van der Waals surface area contributed by atoms with Gasteiger partial charge < -0.3 is 15.2 Å². The van der Waals surface area contributed by atoms with Gasteiger partial charge in [-0.25, -0.2) is 8.42 Å². The molecule has 9 heteroatoms. The lowest BCUT2D eigenvalue weighted by atomic mass is 10.1. The number of hydrogen-bond acceptors (Lipinski definition) is 7. The van der Waals surface area contributed by atoms with E-state index in [1.807, 2.05) is 0 Å². The molecule has 0 saturated heterocycles. The molecule has 0 aliphatic heterocycles. The van der Waals surface area contributed by atoms with E-state index in [1.165, 1.54) is 44.2 Å². The summed E-state index contributed by atoms with van der Waals surface area (Å²) in [6.07, 6.45) is 1.72. The zero-order chi connectivity index (χ0) is 21.6. The van der Waals surface area contributed by atoms with Crippen LogP contribution in [0, 0.1) is 0 Å². The van der Waals surface area contributed by atoms with E-state index in [0.29, 0.717) is 22.6 Å². The Kier molecular flexibility index (Phi) is 7.55. The maximum atomic E-state index is 12.8. The van der Waals surface area contributed by atoms with E-state index < -0.39 is 21.8 Å². The van der Waals surface area contributed by atoms with Crippen molar-refractivity contribution in [2.24, 2.45) is 5.73 Å². The molecule has 0 fully saturated rings. The van der Waals surface area contributed by atoms with Gasteiger partial charge in [0.05, 0.1) is 4.90 Å². The molecule has 0 bridgehead atoms. The van der Waals surface area contributed by atoms with Gasteiger partial charge in [0, 0.05) is 24.3 Å². The van der Waals surface area contributed by atoms with Crippen LogP contribution in [0.25, 0.3) is 6.08 Å². The minimum atomic E-state index is -3.81. The Balaban J connectivity index is 2.41. The fraction of sp³-hybridized carbons (Fsp3) is 0.200. The molecular formula is C20H20ClNO6S. The second kappa shape index (κ2) is 9.69. The van der Waals surface area contributed by atoms with E-state index >= 15 is 0 Å². The van der Waals surface area contributed by atoms with Gasteiger partial charge in [-0.05, 0) is 54.4 Å². The van der Waals surface area contributed by atoms with Gasteiger partial charge in [-0.2, -0.15) is 0 Å². The van der Waals surface area contributed by atoms with Gasteiger partial charge in [-0.1, -0.05) is 23.7 Å². The van der Waals surface area contributed by atoms with Gasteiger partial charge in [0.15, 0.2) is 21.3 Å². The molecule has 0 heterocycles. The fourth-order valence-electron chi connectivity index (χ4n) is 2.50. The van der Waals surface area contributed by atoms with Crippen LogP contribution < -0.4 is 15.2 Å². The second-order valence-electron chi connectivity index (χ2n) is 6.03. The summed E-state index contributed by atoms with van der Waals surface area (Å²) in [5.74, 6) is -1.15. The van der Waals surface area contributed by atoms with Gasteiger partial charge >= 0.3 is 11.9 Å². The first-order valence-corrected chi connectivity index (χ1v) is 10.5. The highest BCUT2D eigenvalue weighted by Crippen LogP contribution is 2.30. The molecule has 0 atom stereocenters. The number of carbonyl (C=O) groups is 2. The van der Waals surface area contributed by atoms with Gasteiger partial charge in [-0.3, -0.25) is 9.59 Å². The van der Waals surface area contributed by atoms with Crippen LogP contribution >= 0.6 is 11.6 Å². The van der Waals surface area contributed by atoms with Crippen molar-refractivity contribution in [2.75, 3.05) is 6.54 Å². The zero-order valence-corrected chi connectivity index (χ0v) is 17.4. The van der Waals surface area contributed by atoms with Crippen molar-refractivity contribution in [3.05, 3.63) is 58.0 Å². The van der Waals surface area contributed by atoms with E-state index in [0.717, 1.165) is 5.41 Å². The maximum absolute atomic E-state index is 12.8. The van der Waals surface area contributed by atoms with Gasteiger partial charge in [0.1, 0.15) is 0 Å². The number of carbonyl (C=O) groups excluding carboxylic acids is 2. The molecule has 7 nitrogen and oxygen atoms in total. The lowest BCUT2D eigenvalue weighted by molar-refractivity contribution is -0.134. The number of sulfone groups is 1. The van der Waals surface area contributed by atoms with E-state index in [4.69, 9.17) is 26.8 Å². The summed E-state index contributed by atoms with van der Waals surface area (Å²) in [4.78, 5) is 22.6. The molecule has 0 spiro atoms. The highest BCUT2D eigenvalue weighted by atomic mass is 35.5. The molecule has 2 N–H and O–H groups in total. The molecule has 0 radical (unpaired) electrons. The molecule has 2 aromatic carbocycles. The molecule has 0 amide bonds. The summed E-state index contributed by atoms with van der Waals surface area (Å²) in [6, 6.07) is 8.93. The summed E-state index contributed by atoms with van der Waals surface area (Å²) in [5, 5.41) is 1.32. The summed E-state index contributed by atoms with van der Waals surface area (Å²) in [7, 11) is -3.81. The first-order valence-electron chi connectivity index (χ1n) is 8.55. The van der Waals surface area contributed by atoms with Crippen molar-refractivity contribution in [1.82, 2.24) is 0 Å². The number of esters is 2. The highest BCUT2D eigenvalue weighted by molar-refractivity contribution is 7.94. The van der Waals surface area contributed by atoms with Crippen LogP contribution in [0.3, 0.4) is 0 Å². The number of nitrogens with two attached hydrogens (primary N) is 1. The Morgan fingerprint density at radius 1 is 1.03 bits per heavy atom. The lowest BCUT2D eigenvalue weighted by Gasteiger charge is -2.10. The molecule has 0 aliphatic carbocycles. The van der Waals surface area contributed by atoms with Crippen molar-refractivity contribution in [1.29, 1.82) is 0 Å². The van der Waals surface area contributed by atoms with Crippen molar-refractivity contribution >= 4 is 39.5 Å². The van der Waals surface area contributed by atoms with Crippen molar-refractivity contribution in [3.63, 3.8) is 0 Å². The van der Waals surface area contributed by atoms with Gasteiger partial charge in [0.2, 0.25) is 0 Å². The van der Waals surface area contributed by atoms with Crippen molar-refractivity contribution in [3.8, 4) is 11.5 Å². The number of benzene rings is 2. The Labute approximate surface area is 174 Å². The molecule has 154 valence electrons. The molecular weight excluding hydrogens is 418 g/mol. The Hall–Kier alpha value is -2.68. The molecule has 0 aromatic heterocycles. The molecule has 29 heavy (non-hydrogen) atoms. The number of ether oxygens (including phenoxy) is 2. The maximum Gasteiger partial charge on any atom is 0.308 e. The van der Waals surface area contributed by atoms with Crippen LogP contribution in [0.15, 0.2) is 46.7 Å². The van der Waals surface area contributed by atoms with Crippen molar-refractivity contribution in [2.45, 2.75) is 25.2 Å². The summed E-state index contributed by atoms with van der Waals surface area (Å²) >= 11 is 5.96. The summed E-state index contributed by atoms with van der Waals surface area (Å²) in [5.41, 5.74) is 6.54. The summed E-state index contributed by atoms with van der Waals surface area (Å²) in [6.45, 7) is 2.70. The van der Waals surface area contributed by atoms with Gasteiger partial charge in [0.25, 0.3) is 0 Å². The molecule has 0 unspecified atom stereocenters. The normalized spacial score (nSPS) is 11.4. The van der Waals surface area contributed by atoms with E-state index in [1.54, 1.807) is 12.1 Å². The Morgan fingerprint density at radius 3 is 2.31 bits per heavy atom. The highest BCUT2D eigenvalue weighted by Gasteiger charge is 2.17. The number of halogens is 1. The van der Waals surface area contributed by atoms with E-state index in [9.17, 15) is 18.0 Å². The zero-order valence-electron chi connectivity index (χ0n) is 15.8. The number of hydrogen-bond donors (Lipinski definition) is 1. The molecule has 2 aromatic rings. The topological polar surface area (TPSA) is 113 Å². The predicted octanol–water partition coefficient (Wildman–Crippen LogP) is 3.14. The SMILES string of the molecule is CC(=O)Oc1ccc(/C=C/S(=O)(=O)c2cc(Cl)ccc2CCN)cc1OC(C)=O. The lowest BCUT2D eigenvalue weighted by Crippen LogP contribution is -2.08. The molecule has 0 saturated carbocycles. The van der Waals surface area contributed by atoms with Crippen molar-refractivity contribution < 1.29 is 27.5 Å². The molecule has 2 rings (SSSR count). The first-order chi connectivity index (χ1) is 13.6. The third-order valence-corrected chi connectivity index (χ3v) is 5.39. The number of rotatable bonds is 7. The Morgan fingerprint density at radius 2 is 1.69 bits per heavy atom. The smallest absolute Gasteiger partial charge is 0.308 e. The minimum absolute atomic E-state index is 0.00109. The average Bonchev–Trinajstić information content (AvgIpc) is 2.62. The van der Waals surface area contributed by atoms with Crippen LogP contribution in [0.5, 0.6) is 11.5 Å². The second-order valence-corrected chi connectivity index (χ2v) is 8.27. The first kappa shape index (κ1) is 22.6. The Bertz CT molecular complexity index is 1060. The quantitative estimate of drug-likeness (QED) is 0.522. The molecule has 0 aliphatic rings. The standard InChI is InChI=1S/C20H20ClNO6S/c1-13(23)27-18-6-3-15(11-19(18)28-14(2)24)8-10-29(25,26)20-12-17(21)5-4-16(20)7-9-22/h3-6,8,10-12H,7,9,22H2,1-2H3/b10-8+. The monoisotopic (exact) mass is 437 g/mol. The van der Waals surface area contributed by atoms with Crippen LogP contribution in [-0.2, 0) is 25.8 Å². The van der Waals surface area contributed by atoms with E-state index in [-0.39, 0.29) is 22.9 Å². The van der Waals surface area contributed by atoms with Gasteiger partial charge in [-0.15, -0.1) is 0 Å². The fourth-order valence-corrected chi connectivity index (χ4v) is 4.05. The third kappa shape index (κ3) is 6.42. The van der Waals surface area contributed by atoms with E-state index in [2.05, 4.69) is 0 Å². The predicted molar refractivity (Wildman–Crippen MR) is 109 cm³/mol. The summed E-state index contributed by atoms with van der Waals surface area (Å²) < 4.78 is 35.6.